The Balaban J connectivity index is 1.88. The molecule has 3 rings (SSSR count). The van der Waals surface area contributed by atoms with Crippen LogP contribution in [-0.4, -0.2) is 39.6 Å². The van der Waals surface area contributed by atoms with Crippen LogP contribution in [-0.2, 0) is 14.3 Å². The maximum Gasteiger partial charge on any atom is 0.345 e. The van der Waals surface area contributed by atoms with E-state index in [1.165, 1.54) is 0 Å². The fourth-order valence-electron chi connectivity index (χ4n) is 3.06. The second-order valence-corrected chi connectivity index (χ2v) is 7.70. The minimum absolute atomic E-state index is 0.104. The van der Waals surface area contributed by atoms with Crippen LogP contribution in [0.2, 0.25) is 0 Å². The van der Waals surface area contributed by atoms with Gasteiger partial charge in [0, 0.05) is 23.8 Å². The minimum Gasteiger partial charge on any atom is -0.464 e. The molecule has 1 spiro atoms. The predicted octanol–water partition coefficient (Wildman–Crippen LogP) is 1.65. The molecule has 1 saturated heterocycles. The molecule has 0 amide bonds. The van der Waals surface area contributed by atoms with E-state index in [1.54, 1.807) is 30.4 Å². The highest BCUT2D eigenvalue weighted by Crippen LogP contribution is 2.74. The molecular weight excluding hydrogens is 263 g/mol. The lowest BCUT2D eigenvalue weighted by molar-refractivity contribution is -0.153. The number of thioether (sulfide) groups is 2. The highest BCUT2D eigenvalue weighted by atomic mass is 32.2. The lowest BCUT2D eigenvalue weighted by Crippen LogP contribution is -2.35. The Morgan fingerprint density at radius 1 is 1.53 bits per heavy atom. The Hall–Kier alpha value is -0.230. The van der Waals surface area contributed by atoms with Gasteiger partial charge in [0.1, 0.15) is 5.78 Å². The molecule has 3 unspecified atom stereocenters. The summed E-state index contributed by atoms with van der Waals surface area (Å²) in [5, 5.41) is 0. The van der Waals surface area contributed by atoms with Crippen LogP contribution in [0.3, 0.4) is 0 Å². The Labute approximate surface area is 107 Å². The van der Waals surface area contributed by atoms with Crippen LogP contribution in [0, 0.1) is 11.8 Å². The number of carbonyl (C=O) groups excluding carboxylic acids is 2. The number of esters is 1. The van der Waals surface area contributed by atoms with E-state index in [2.05, 4.69) is 0 Å². The maximum absolute atomic E-state index is 14.6. The zero-order chi connectivity index (χ0) is 12.3. The summed E-state index contributed by atoms with van der Waals surface area (Å²) in [5.74, 6) is -0.276. The fraction of sp³-hybridized carbons (Fsp3) is 0.818. The lowest BCUT2D eigenvalue weighted by atomic mass is 10.1. The van der Waals surface area contributed by atoms with E-state index < -0.39 is 23.5 Å². The zero-order valence-corrected chi connectivity index (χ0v) is 11.0. The Kier molecular flexibility index (Phi) is 2.53. The molecule has 0 N–H and O–H groups in total. The average Bonchev–Trinajstić information content (AvgIpc) is 2.59. The summed E-state index contributed by atoms with van der Waals surface area (Å²) in [6, 6.07) is 0. The van der Waals surface area contributed by atoms with Crippen LogP contribution >= 0.6 is 23.5 Å². The third-order valence-corrected chi connectivity index (χ3v) is 7.29. The van der Waals surface area contributed by atoms with Crippen molar-refractivity contribution in [2.45, 2.75) is 23.1 Å². The van der Waals surface area contributed by atoms with Crippen LogP contribution < -0.4 is 0 Å². The third kappa shape index (κ3) is 1.37. The zero-order valence-electron chi connectivity index (χ0n) is 9.40. The Morgan fingerprint density at radius 2 is 2.18 bits per heavy atom. The number of rotatable bonds is 2. The van der Waals surface area contributed by atoms with Gasteiger partial charge < -0.3 is 4.74 Å². The molecule has 1 heterocycles. The minimum atomic E-state index is -2.03. The molecule has 0 bridgehead atoms. The van der Waals surface area contributed by atoms with E-state index in [-0.39, 0.29) is 16.5 Å². The molecule has 3 fully saturated rings. The van der Waals surface area contributed by atoms with E-state index in [0.29, 0.717) is 6.42 Å². The number of Topliss-reactive ketones (excluding diaryl/α,β-unsaturated/α-hetero) is 1. The van der Waals surface area contributed by atoms with Crippen molar-refractivity contribution in [2.75, 3.05) is 18.1 Å². The highest BCUT2D eigenvalue weighted by molar-refractivity contribution is 8.21. The number of fused-ring (bicyclic) bond motifs is 2. The number of halogens is 1. The van der Waals surface area contributed by atoms with Crippen LogP contribution in [0.5, 0.6) is 0 Å². The summed E-state index contributed by atoms with van der Waals surface area (Å²) < 4.78 is 19.0. The number of alkyl halides is 1. The second kappa shape index (κ2) is 3.63. The molecule has 3 atom stereocenters. The molecule has 0 aromatic carbocycles. The van der Waals surface area contributed by atoms with Crippen molar-refractivity contribution in [1.29, 1.82) is 0 Å². The molecule has 1 aliphatic heterocycles. The van der Waals surface area contributed by atoms with Crippen molar-refractivity contribution < 1.29 is 18.7 Å². The monoisotopic (exact) mass is 276 g/mol. The largest absolute Gasteiger partial charge is 0.464 e. The van der Waals surface area contributed by atoms with E-state index in [9.17, 15) is 14.0 Å². The molecule has 3 aliphatic rings. The molecule has 2 saturated carbocycles. The normalized spacial score (nSPS) is 41.6. The first-order valence-corrected chi connectivity index (χ1v) is 7.70. The number of hydrogen-bond donors (Lipinski definition) is 0. The smallest absolute Gasteiger partial charge is 0.345 e. The number of hydrogen-bond acceptors (Lipinski definition) is 5. The molecule has 6 heteroatoms. The summed E-state index contributed by atoms with van der Waals surface area (Å²) in [5.41, 5.74) is -2.03. The van der Waals surface area contributed by atoms with E-state index in [0.717, 1.165) is 11.5 Å². The van der Waals surface area contributed by atoms with Gasteiger partial charge in [-0.15, -0.1) is 23.5 Å². The van der Waals surface area contributed by atoms with Gasteiger partial charge in [0.25, 0.3) is 0 Å². The van der Waals surface area contributed by atoms with Gasteiger partial charge in [-0.05, 0) is 6.92 Å². The lowest BCUT2D eigenvalue weighted by Gasteiger charge is -2.25. The van der Waals surface area contributed by atoms with Crippen LogP contribution in [0.1, 0.15) is 13.3 Å². The van der Waals surface area contributed by atoms with Crippen LogP contribution in [0.4, 0.5) is 4.39 Å². The average molecular weight is 276 g/mol. The fourth-order valence-corrected chi connectivity index (χ4v) is 6.72. The summed E-state index contributed by atoms with van der Waals surface area (Å²) in [4.78, 5) is 23.5. The van der Waals surface area contributed by atoms with Crippen molar-refractivity contribution in [1.82, 2.24) is 0 Å². The van der Waals surface area contributed by atoms with Gasteiger partial charge in [-0.25, -0.2) is 9.18 Å². The number of ether oxygens (including phenoxy) is 1. The first-order valence-electron chi connectivity index (χ1n) is 5.73. The van der Waals surface area contributed by atoms with Gasteiger partial charge in [0.05, 0.1) is 16.6 Å². The van der Waals surface area contributed by atoms with Gasteiger partial charge in [0.2, 0.25) is 5.67 Å². The van der Waals surface area contributed by atoms with Crippen LogP contribution in [0.25, 0.3) is 0 Å². The van der Waals surface area contributed by atoms with Crippen molar-refractivity contribution in [3.8, 4) is 0 Å². The van der Waals surface area contributed by atoms with E-state index in [1.807, 2.05) is 0 Å². The molecule has 17 heavy (non-hydrogen) atoms. The van der Waals surface area contributed by atoms with E-state index >= 15 is 0 Å². The molecule has 94 valence electrons. The molecule has 2 aliphatic carbocycles. The van der Waals surface area contributed by atoms with Gasteiger partial charge in [-0.2, -0.15) is 0 Å². The van der Waals surface area contributed by atoms with Gasteiger partial charge in [0.15, 0.2) is 0 Å². The molecular formula is C11H13FO3S2. The van der Waals surface area contributed by atoms with Gasteiger partial charge in [-0.3, -0.25) is 4.79 Å². The quantitative estimate of drug-likeness (QED) is 0.718. The SMILES string of the molecule is CCOC(=O)C1(F)C2C(=O)CC3(SCCS3)C21. The number of carbonyl (C=O) groups is 2. The van der Waals surface area contributed by atoms with Crippen molar-refractivity contribution >= 4 is 35.3 Å². The maximum atomic E-state index is 14.6. The van der Waals surface area contributed by atoms with Gasteiger partial charge >= 0.3 is 5.97 Å². The molecule has 0 aromatic rings. The summed E-state index contributed by atoms with van der Waals surface area (Å²) in [7, 11) is 0. The third-order valence-electron chi connectivity index (χ3n) is 3.74. The first-order chi connectivity index (χ1) is 8.06. The van der Waals surface area contributed by atoms with Crippen molar-refractivity contribution in [3.63, 3.8) is 0 Å². The van der Waals surface area contributed by atoms with Crippen molar-refractivity contribution in [2.24, 2.45) is 11.8 Å². The standard InChI is InChI=1S/C11H13FO3S2/c1-2-15-9(14)11(12)7-6(13)5-10(8(7)11)16-3-4-17-10/h7-8H,2-5H2,1H3. The first kappa shape index (κ1) is 11.8. The summed E-state index contributed by atoms with van der Waals surface area (Å²) >= 11 is 3.28. The van der Waals surface area contributed by atoms with Gasteiger partial charge in [-0.1, -0.05) is 0 Å². The molecule has 0 radical (unpaired) electrons. The van der Waals surface area contributed by atoms with Crippen LogP contribution in [0.15, 0.2) is 0 Å². The molecule has 0 aromatic heterocycles. The summed E-state index contributed by atoms with van der Waals surface area (Å²) in [6.45, 7) is 1.81. The highest BCUT2D eigenvalue weighted by Gasteiger charge is 2.85. The Bertz CT molecular complexity index is 394. The van der Waals surface area contributed by atoms with Crippen molar-refractivity contribution in [3.05, 3.63) is 0 Å². The molecule has 3 nitrogen and oxygen atoms in total. The topological polar surface area (TPSA) is 43.4 Å². The second-order valence-electron chi connectivity index (χ2n) is 4.60. The Morgan fingerprint density at radius 3 is 2.76 bits per heavy atom. The number of ketones is 1. The predicted molar refractivity (Wildman–Crippen MR) is 64.7 cm³/mol. The van der Waals surface area contributed by atoms with E-state index in [4.69, 9.17) is 4.74 Å². The summed E-state index contributed by atoms with van der Waals surface area (Å²) in [6.07, 6.45) is 0.405.